The van der Waals surface area contributed by atoms with Crippen molar-refractivity contribution in [1.82, 2.24) is 9.78 Å². The van der Waals surface area contributed by atoms with Crippen molar-refractivity contribution in [2.45, 2.75) is 40.7 Å². The number of nitrogens with zero attached hydrogens (tertiary/aromatic N) is 2. The Kier molecular flexibility index (Phi) is 3.79. The third-order valence-electron chi connectivity index (χ3n) is 3.10. The minimum atomic E-state index is 0.619. The lowest BCUT2D eigenvalue weighted by Crippen LogP contribution is -2.03. The first kappa shape index (κ1) is 13.5. The van der Waals surface area contributed by atoms with Crippen molar-refractivity contribution in [3.63, 3.8) is 0 Å². The largest absolute Gasteiger partial charge is 0.437 e. The molecule has 102 valence electrons. The number of rotatable bonds is 4. The van der Waals surface area contributed by atoms with E-state index >= 15 is 0 Å². The zero-order chi connectivity index (χ0) is 14.0. The molecule has 0 fully saturated rings. The molecule has 1 aromatic heterocycles. The van der Waals surface area contributed by atoms with E-state index < -0.39 is 0 Å². The number of nitrogens with two attached hydrogens (primary N) is 1. The molecule has 0 bridgehead atoms. The van der Waals surface area contributed by atoms with Crippen LogP contribution < -0.4 is 10.5 Å². The second-order valence-electron chi connectivity index (χ2n) is 4.90. The highest BCUT2D eigenvalue weighted by Crippen LogP contribution is 2.32. The first-order valence-corrected chi connectivity index (χ1v) is 6.61. The summed E-state index contributed by atoms with van der Waals surface area (Å²) >= 11 is 0. The first-order valence-electron chi connectivity index (χ1n) is 6.61. The number of anilines is 1. The van der Waals surface area contributed by atoms with Crippen molar-refractivity contribution < 1.29 is 4.74 Å². The topological polar surface area (TPSA) is 53.1 Å². The highest BCUT2D eigenvalue weighted by molar-refractivity contribution is 5.54. The van der Waals surface area contributed by atoms with Crippen molar-refractivity contribution in [3.05, 3.63) is 35.0 Å². The van der Waals surface area contributed by atoms with E-state index in [0.29, 0.717) is 11.6 Å². The van der Waals surface area contributed by atoms with Crippen LogP contribution in [-0.2, 0) is 6.54 Å². The highest BCUT2D eigenvalue weighted by atomic mass is 16.5. The Labute approximate surface area is 114 Å². The summed E-state index contributed by atoms with van der Waals surface area (Å²) in [5.74, 6) is 1.47. The van der Waals surface area contributed by atoms with Crippen LogP contribution in [0.1, 0.15) is 30.2 Å². The average molecular weight is 259 g/mol. The van der Waals surface area contributed by atoms with E-state index in [1.807, 2.05) is 30.7 Å². The van der Waals surface area contributed by atoms with Gasteiger partial charge in [0.2, 0.25) is 5.88 Å². The Morgan fingerprint density at radius 1 is 1.26 bits per heavy atom. The van der Waals surface area contributed by atoms with Crippen molar-refractivity contribution in [2.75, 3.05) is 5.73 Å². The van der Waals surface area contributed by atoms with Crippen LogP contribution >= 0.6 is 0 Å². The van der Waals surface area contributed by atoms with Gasteiger partial charge in [-0.1, -0.05) is 24.6 Å². The smallest absolute Gasteiger partial charge is 0.241 e. The molecule has 0 spiro atoms. The van der Waals surface area contributed by atoms with E-state index in [2.05, 4.69) is 25.0 Å². The summed E-state index contributed by atoms with van der Waals surface area (Å²) in [5.41, 5.74) is 9.80. The fourth-order valence-corrected chi connectivity index (χ4v) is 2.06. The van der Waals surface area contributed by atoms with Crippen molar-refractivity contribution >= 4 is 5.69 Å². The van der Waals surface area contributed by atoms with E-state index in [9.17, 15) is 0 Å². The van der Waals surface area contributed by atoms with Crippen LogP contribution in [0.4, 0.5) is 5.69 Å². The van der Waals surface area contributed by atoms with Gasteiger partial charge in [-0.15, -0.1) is 0 Å². The van der Waals surface area contributed by atoms with Gasteiger partial charge in [-0.2, -0.15) is 5.10 Å². The van der Waals surface area contributed by atoms with Gasteiger partial charge in [0.25, 0.3) is 0 Å². The molecule has 19 heavy (non-hydrogen) atoms. The second-order valence-corrected chi connectivity index (χ2v) is 4.90. The molecule has 2 N–H and O–H groups in total. The Morgan fingerprint density at radius 2 is 2.00 bits per heavy atom. The van der Waals surface area contributed by atoms with Crippen LogP contribution in [0.2, 0.25) is 0 Å². The van der Waals surface area contributed by atoms with Crippen molar-refractivity contribution in [1.29, 1.82) is 0 Å². The van der Waals surface area contributed by atoms with Gasteiger partial charge >= 0.3 is 0 Å². The molecule has 1 aromatic carbocycles. The molecule has 0 saturated heterocycles. The molecule has 0 saturated carbocycles. The maximum Gasteiger partial charge on any atom is 0.241 e. The number of aromatic nitrogens is 2. The summed E-state index contributed by atoms with van der Waals surface area (Å²) < 4.78 is 7.81. The molecular formula is C15H21N3O. The van der Waals surface area contributed by atoms with Gasteiger partial charge in [0, 0.05) is 6.54 Å². The van der Waals surface area contributed by atoms with Gasteiger partial charge in [0.15, 0.2) is 0 Å². The lowest BCUT2D eigenvalue weighted by atomic mass is 10.1. The standard InChI is InChI=1S/C15H21N3O/c1-5-8-18-15(14(16)12(4)17-18)19-13-7-6-10(2)9-11(13)3/h6-7,9H,5,8,16H2,1-4H3. The van der Waals surface area contributed by atoms with Gasteiger partial charge < -0.3 is 10.5 Å². The normalized spacial score (nSPS) is 10.7. The van der Waals surface area contributed by atoms with Crippen molar-refractivity contribution in [2.24, 2.45) is 0 Å². The van der Waals surface area contributed by atoms with E-state index in [-0.39, 0.29) is 0 Å². The molecule has 2 aromatic rings. The second kappa shape index (κ2) is 5.34. The van der Waals surface area contributed by atoms with E-state index in [4.69, 9.17) is 10.5 Å². The minimum Gasteiger partial charge on any atom is -0.437 e. The van der Waals surface area contributed by atoms with Gasteiger partial charge in [-0.3, -0.25) is 0 Å². The van der Waals surface area contributed by atoms with Crippen LogP contribution in [0.25, 0.3) is 0 Å². The zero-order valence-corrected chi connectivity index (χ0v) is 12.0. The number of hydrogen-bond acceptors (Lipinski definition) is 3. The molecule has 0 aliphatic carbocycles. The van der Waals surface area contributed by atoms with E-state index in [1.54, 1.807) is 0 Å². The molecule has 4 heteroatoms. The predicted octanol–water partition coefficient (Wildman–Crippen LogP) is 3.59. The quantitative estimate of drug-likeness (QED) is 0.912. The van der Waals surface area contributed by atoms with Crippen LogP contribution in [0.3, 0.4) is 0 Å². The highest BCUT2D eigenvalue weighted by Gasteiger charge is 2.15. The van der Waals surface area contributed by atoms with Crippen LogP contribution in [0.5, 0.6) is 11.6 Å². The Hall–Kier alpha value is -1.97. The Balaban J connectivity index is 2.37. The first-order chi connectivity index (χ1) is 9.02. The van der Waals surface area contributed by atoms with Crippen LogP contribution in [-0.4, -0.2) is 9.78 Å². The number of nitrogen functional groups attached to an aromatic ring is 1. The zero-order valence-electron chi connectivity index (χ0n) is 12.0. The molecule has 2 rings (SSSR count). The Morgan fingerprint density at radius 3 is 2.63 bits per heavy atom. The maximum atomic E-state index is 6.05. The number of ether oxygens (including phenoxy) is 1. The number of hydrogen-bond donors (Lipinski definition) is 1. The molecule has 0 unspecified atom stereocenters. The van der Waals surface area contributed by atoms with Gasteiger partial charge in [0.05, 0.1) is 5.69 Å². The van der Waals surface area contributed by atoms with Gasteiger partial charge in [-0.05, 0) is 38.8 Å². The van der Waals surface area contributed by atoms with Gasteiger partial charge in [-0.25, -0.2) is 4.68 Å². The monoisotopic (exact) mass is 259 g/mol. The minimum absolute atomic E-state index is 0.619. The molecule has 1 heterocycles. The third kappa shape index (κ3) is 2.72. The summed E-state index contributed by atoms with van der Waals surface area (Å²) in [6.07, 6.45) is 0.990. The van der Waals surface area contributed by atoms with Gasteiger partial charge in [0.1, 0.15) is 11.4 Å². The maximum absolute atomic E-state index is 6.05. The SMILES string of the molecule is CCCn1nc(C)c(N)c1Oc1ccc(C)cc1C. The fraction of sp³-hybridized carbons (Fsp3) is 0.400. The average Bonchev–Trinajstić information content (AvgIpc) is 2.61. The molecule has 0 atom stereocenters. The number of benzene rings is 1. The molecule has 0 aliphatic heterocycles. The van der Waals surface area contributed by atoms with Crippen LogP contribution in [0.15, 0.2) is 18.2 Å². The van der Waals surface area contributed by atoms with Crippen molar-refractivity contribution in [3.8, 4) is 11.6 Å². The lowest BCUT2D eigenvalue weighted by Gasteiger charge is -2.11. The molecular weight excluding hydrogens is 238 g/mol. The number of aryl methyl sites for hydroxylation is 4. The summed E-state index contributed by atoms with van der Waals surface area (Å²) in [7, 11) is 0. The predicted molar refractivity (Wildman–Crippen MR) is 77.7 cm³/mol. The van der Waals surface area contributed by atoms with Crippen LogP contribution in [0, 0.1) is 20.8 Å². The third-order valence-corrected chi connectivity index (χ3v) is 3.10. The summed E-state index contributed by atoms with van der Waals surface area (Å²) in [4.78, 5) is 0. The summed E-state index contributed by atoms with van der Waals surface area (Å²) in [6, 6.07) is 6.10. The molecule has 4 nitrogen and oxygen atoms in total. The molecule has 0 radical (unpaired) electrons. The van der Waals surface area contributed by atoms with E-state index in [1.165, 1.54) is 5.56 Å². The lowest BCUT2D eigenvalue weighted by molar-refractivity contribution is 0.408. The summed E-state index contributed by atoms with van der Waals surface area (Å²) in [6.45, 7) is 8.91. The molecule has 0 amide bonds. The Bertz CT molecular complexity index is 587. The fourth-order valence-electron chi connectivity index (χ4n) is 2.06. The van der Waals surface area contributed by atoms with E-state index in [0.717, 1.165) is 30.0 Å². The molecule has 0 aliphatic rings. The summed E-state index contributed by atoms with van der Waals surface area (Å²) in [5, 5.41) is 4.41.